The number of thioether (sulfide) groups is 1. The minimum absolute atomic E-state index is 0.0892. The van der Waals surface area contributed by atoms with Crippen molar-refractivity contribution in [2.45, 2.75) is 30.0 Å². The Morgan fingerprint density at radius 1 is 1.13 bits per heavy atom. The highest BCUT2D eigenvalue weighted by Gasteiger charge is 2.25. The first-order valence-corrected chi connectivity index (χ1v) is 8.71. The van der Waals surface area contributed by atoms with Gasteiger partial charge in [0, 0.05) is 18.0 Å². The topological polar surface area (TPSA) is 29.5 Å². The number of benzene rings is 2. The van der Waals surface area contributed by atoms with Crippen LogP contribution in [0.1, 0.15) is 18.1 Å². The number of hydrogen-bond acceptors (Lipinski definition) is 3. The molecular formula is C19H21NO2S. The molecule has 1 aliphatic heterocycles. The number of nitrogens with zero attached hydrogens (tertiary/aromatic N) is 1. The van der Waals surface area contributed by atoms with Crippen LogP contribution in [0.15, 0.2) is 53.4 Å². The zero-order valence-corrected chi connectivity index (χ0v) is 14.3. The molecule has 3 nitrogen and oxygen atoms in total. The normalized spacial score (nSPS) is 15.0. The van der Waals surface area contributed by atoms with E-state index in [1.54, 1.807) is 18.9 Å². The van der Waals surface area contributed by atoms with E-state index in [1.807, 2.05) is 42.2 Å². The van der Waals surface area contributed by atoms with Crippen molar-refractivity contribution in [1.29, 1.82) is 0 Å². The summed E-state index contributed by atoms with van der Waals surface area (Å²) in [6.45, 7) is 3.52. The number of methoxy groups -OCH3 is 1. The molecule has 23 heavy (non-hydrogen) atoms. The Hall–Kier alpha value is -1.94. The number of ether oxygens (including phenoxy) is 1. The fourth-order valence-corrected chi connectivity index (χ4v) is 3.80. The van der Waals surface area contributed by atoms with E-state index in [0.717, 1.165) is 30.2 Å². The smallest absolute Gasteiger partial charge is 0.236 e. The molecule has 120 valence electrons. The van der Waals surface area contributed by atoms with Gasteiger partial charge in [0.25, 0.3) is 0 Å². The van der Waals surface area contributed by atoms with Crippen LogP contribution in [0.25, 0.3) is 0 Å². The molecule has 4 heteroatoms. The van der Waals surface area contributed by atoms with Crippen molar-refractivity contribution in [2.24, 2.45) is 0 Å². The van der Waals surface area contributed by atoms with E-state index in [0.29, 0.717) is 0 Å². The predicted molar refractivity (Wildman–Crippen MR) is 93.9 cm³/mol. The maximum atomic E-state index is 12.7. The van der Waals surface area contributed by atoms with E-state index >= 15 is 0 Å². The average molecular weight is 327 g/mol. The third-order valence-corrected chi connectivity index (χ3v) is 5.26. The van der Waals surface area contributed by atoms with Gasteiger partial charge >= 0.3 is 0 Å². The quantitative estimate of drug-likeness (QED) is 0.801. The van der Waals surface area contributed by atoms with Crippen molar-refractivity contribution < 1.29 is 9.53 Å². The van der Waals surface area contributed by atoms with Crippen molar-refractivity contribution in [3.8, 4) is 5.75 Å². The molecule has 1 atom stereocenters. The Morgan fingerprint density at radius 2 is 1.83 bits per heavy atom. The molecule has 0 saturated carbocycles. The van der Waals surface area contributed by atoms with Crippen LogP contribution < -0.4 is 4.74 Å². The second-order valence-corrected chi connectivity index (χ2v) is 7.13. The van der Waals surface area contributed by atoms with Crippen LogP contribution in [0.3, 0.4) is 0 Å². The van der Waals surface area contributed by atoms with Crippen molar-refractivity contribution in [1.82, 2.24) is 4.90 Å². The van der Waals surface area contributed by atoms with Gasteiger partial charge in [-0.1, -0.05) is 24.3 Å². The van der Waals surface area contributed by atoms with E-state index in [2.05, 4.69) is 18.2 Å². The number of fused-ring (bicyclic) bond motifs is 1. The maximum absolute atomic E-state index is 12.7. The van der Waals surface area contributed by atoms with Gasteiger partial charge in [-0.25, -0.2) is 0 Å². The Kier molecular flexibility index (Phi) is 4.91. The van der Waals surface area contributed by atoms with Gasteiger partial charge < -0.3 is 9.64 Å². The average Bonchev–Trinajstić information content (AvgIpc) is 2.61. The zero-order chi connectivity index (χ0) is 16.2. The van der Waals surface area contributed by atoms with Crippen LogP contribution in [0.5, 0.6) is 5.75 Å². The molecule has 0 spiro atoms. The summed E-state index contributed by atoms with van der Waals surface area (Å²) in [6.07, 6.45) is 0.946. The first kappa shape index (κ1) is 15.9. The number of carbonyl (C=O) groups is 1. The van der Waals surface area contributed by atoms with Gasteiger partial charge in [0.1, 0.15) is 5.75 Å². The molecule has 3 rings (SSSR count). The lowest BCUT2D eigenvalue weighted by Crippen LogP contribution is -2.40. The lowest BCUT2D eigenvalue weighted by molar-refractivity contribution is -0.131. The second-order valence-electron chi connectivity index (χ2n) is 5.71. The van der Waals surface area contributed by atoms with Crippen LogP contribution in [-0.2, 0) is 17.8 Å². The molecule has 2 aromatic rings. The summed E-state index contributed by atoms with van der Waals surface area (Å²) in [4.78, 5) is 15.8. The fraction of sp³-hybridized carbons (Fsp3) is 0.316. The van der Waals surface area contributed by atoms with Gasteiger partial charge in [0.15, 0.2) is 0 Å². The summed E-state index contributed by atoms with van der Waals surface area (Å²) in [5, 5.41) is -0.0892. The highest BCUT2D eigenvalue weighted by molar-refractivity contribution is 8.00. The van der Waals surface area contributed by atoms with Crippen molar-refractivity contribution in [3.05, 3.63) is 59.7 Å². The van der Waals surface area contributed by atoms with Crippen molar-refractivity contribution >= 4 is 17.7 Å². The number of rotatable bonds is 4. The molecule has 0 fully saturated rings. The van der Waals surface area contributed by atoms with Crippen LogP contribution in [0, 0.1) is 0 Å². The largest absolute Gasteiger partial charge is 0.497 e. The summed E-state index contributed by atoms with van der Waals surface area (Å²) < 4.78 is 5.17. The van der Waals surface area contributed by atoms with Crippen LogP contribution >= 0.6 is 11.8 Å². The standard InChI is InChI=1S/C19H21NO2S/c1-14(23-18-9-7-17(22-2)8-10-18)19(21)20-12-11-15-5-3-4-6-16(15)13-20/h3-10,14H,11-13H2,1-2H3/t14-/m0/s1. The molecule has 0 aromatic heterocycles. The maximum Gasteiger partial charge on any atom is 0.236 e. The number of amides is 1. The third-order valence-electron chi connectivity index (χ3n) is 4.16. The first-order valence-electron chi connectivity index (χ1n) is 7.83. The van der Waals surface area contributed by atoms with E-state index in [-0.39, 0.29) is 11.2 Å². The summed E-state index contributed by atoms with van der Waals surface area (Å²) in [5.74, 6) is 1.04. The van der Waals surface area contributed by atoms with E-state index in [9.17, 15) is 4.79 Å². The molecule has 1 amide bonds. The number of hydrogen-bond donors (Lipinski definition) is 0. The summed E-state index contributed by atoms with van der Waals surface area (Å²) in [7, 11) is 1.66. The van der Waals surface area contributed by atoms with Gasteiger partial charge in [-0.05, 0) is 48.7 Å². The van der Waals surface area contributed by atoms with Gasteiger partial charge in [-0.3, -0.25) is 4.79 Å². The predicted octanol–water partition coefficient (Wildman–Crippen LogP) is 3.76. The molecule has 0 radical (unpaired) electrons. The molecule has 0 bridgehead atoms. The summed E-state index contributed by atoms with van der Waals surface area (Å²) >= 11 is 1.60. The highest BCUT2D eigenvalue weighted by Crippen LogP contribution is 2.28. The molecule has 1 heterocycles. The fourth-order valence-electron chi connectivity index (χ4n) is 2.85. The highest BCUT2D eigenvalue weighted by atomic mass is 32.2. The monoisotopic (exact) mass is 327 g/mol. The lowest BCUT2D eigenvalue weighted by Gasteiger charge is -2.30. The molecule has 0 N–H and O–H groups in total. The second kappa shape index (κ2) is 7.09. The Balaban J connectivity index is 1.63. The minimum Gasteiger partial charge on any atom is -0.497 e. The van der Waals surface area contributed by atoms with E-state index < -0.39 is 0 Å². The molecule has 1 aliphatic rings. The number of carbonyl (C=O) groups excluding carboxylic acids is 1. The molecular weight excluding hydrogens is 306 g/mol. The van der Waals surface area contributed by atoms with Gasteiger partial charge in [0.05, 0.1) is 12.4 Å². The molecule has 2 aromatic carbocycles. The lowest BCUT2D eigenvalue weighted by atomic mass is 10.00. The van der Waals surface area contributed by atoms with Crippen LogP contribution in [-0.4, -0.2) is 29.7 Å². The van der Waals surface area contributed by atoms with Crippen molar-refractivity contribution in [3.63, 3.8) is 0 Å². The van der Waals surface area contributed by atoms with Gasteiger partial charge in [-0.15, -0.1) is 11.8 Å². The molecule has 0 aliphatic carbocycles. The molecule has 0 saturated heterocycles. The van der Waals surface area contributed by atoms with E-state index in [4.69, 9.17) is 4.74 Å². The Bertz CT molecular complexity index is 684. The van der Waals surface area contributed by atoms with Crippen molar-refractivity contribution in [2.75, 3.05) is 13.7 Å². The summed E-state index contributed by atoms with van der Waals surface area (Å²) in [6, 6.07) is 16.2. The van der Waals surface area contributed by atoms with E-state index in [1.165, 1.54) is 11.1 Å². The summed E-state index contributed by atoms with van der Waals surface area (Å²) in [5.41, 5.74) is 2.64. The third kappa shape index (κ3) is 3.70. The van der Waals surface area contributed by atoms with Crippen LogP contribution in [0.2, 0.25) is 0 Å². The SMILES string of the molecule is COc1ccc(S[C@@H](C)C(=O)N2CCc3ccccc3C2)cc1. The Labute approximate surface area is 141 Å². The van der Waals surface area contributed by atoms with Crippen LogP contribution in [0.4, 0.5) is 0 Å². The zero-order valence-electron chi connectivity index (χ0n) is 13.5. The Morgan fingerprint density at radius 3 is 2.52 bits per heavy atom. The first-order chi connectivity index (χ1) is 11.2. The van der Waals surface area contributed by atoms with Gasteiger partial charge in [-0.2, -0.15) is 0 Å². The minimum atomic E-state index is -0.0892. The van der Waals surface area contributed by atoms with Gasteiger partial charge in [0.2, 0.25) is 5.91 Å². The molecule has 0 unspecified atom stereocenters.